The Hall–Kier alpha value is -3.65. The van der Waals surface area contributed by atoms with Crippen LogP contribution in [0.4, 0.5) is 0 Å². The average Bonchev–Trinajstić information content (AvgIpc) is 3.53. The summed E-state index contributed by atoms with van der Waals surface area (Å²) >= 11 is 0. The second-order valence-corrected chi connectivity index (χ2v) is 10.9. The highest BCUT2D eigenvalue weighted by Gasteiger charge is 2.29. The van der Waals surface area contributed by atoms with Crippen molar-refractivity contribution in [3.8, 4) is 22.5 Å². The molecule has 3 aromatic carbocycles. The monoisotopic (exact) mass is 470 g/mol. The molecular formula is C34H34N2. The first kappa shape index (κ1) is 22.8. The number of imidazole rings is 1. The van der Waals surface area contributed by atoms with E-state index in [1.54, 1.807) is 0 Å². The van der Waals surface area contributed by atoms with Crippen molar-refractivity contribution in [2.45, 2.75) is 46.5 Å². The lowest BCUT2D eigenvalue weighted by molar-refractivity contribution is 0.645. The van der Waals surface area contributed by atoms with Crippen LogP contribution in [0.3, 0.4) is 0 Å². The van der Waals surface area contributed by atoms with Gasteiger partial charge >= 0.3 is 0 Å². The fourth-order valence-electron chi connectivity index (χ4n) is 6.02. The van der Waals surface area contributed by atoms with Crippen LogP contribution in [0.25, 0.3) is 28.2 Å². The van der Waals surface area contributed by atoms with E-state index in [9.17, 15) is 0 Å². The Labute approximate surface area is 215 Å². The van der Waals surface area contributed by atoms with Crippen molar-refractivity contribution in [2.24, 2.45) is 11.8 Å². The van der Waals surface area contributed by atoms with Gasteiger partial charge in [-0.05, 0) is 69.7 Å². The van der Waals surface area contributed by atoms with Gasteiger partial charge in [0.25, 0.3) is 0 Å². The summed E-state index contributed by atoms with van der Waals surface area (Å²) < 4.78 is 2.37. The SMILES string of the molecule is CC(C)C1=CC(c2ccccc2)CC(C(C)C)=C1n1ccnc1-c1ccc2c(c1)-c1ccccc1C2. The minimum atomic E-state index is 0.410. The number of allylic oxidation sites excluding steroid dienone is 4. The maximum atomic E-state index is 4.91. The van der Waals surface area contributed by atoms with Gasteiger partial charge in [-0.3, -0.25) is 4.57 Å². The highest BCUT2D eigenvalue weighted by molar-refractivity contribution is 5.82. The molecule has 2 nitrogen and oxygen atoms in total. The van der Waals surface area contributed by atoms with E-state index in [0.29, 0.717) is 17.8 Å². The number of hydrogen-bond acceptors (Lipinski definition) is 1. The van der Waals surface area contributed by atoms with E-state index in [1.165, 1.54) is 50.2 Å². The van der Waals surface area contributed by atoms with Gasteiger partial charge in [0, 0.05) is 29.6 Å². The third-order valence-electron chi connectivity index (χ3n) is 7.88. The third kappa shape index (κ3) is 3.86. The molecule has 0 radical (unpaired) electrons. The Balaban J connectivity index is 1.48. The van der Waals surface area contributed by atoms with Crippen molar-refractivity contribution < 1.29 is 0 Å². The molecule has 6 rings (SSSR count). The summed E-state index contributed by atoms with van der Waals surface area (Å²) in [6.45, 7) is 9.31. The van der Waals surface area contributed by atoms with E-state index >= 15 is 0 Å². The fourth-order valence-corrected chi connectivity index (χ4v) is 6.02. The maximum absolute atomic E-state index is 4.91. The summed E-state index contributed by atoms with van der Waals surface area (Å²) in [5.74, 6) is 2.31. The van der Waals surface area contributed by atoms with Crippen molar-refractivity contribution in [3.63, 3.8) is 0 Å². The van der Waals surface area contributed by atoms with Crippen LogP contribution >= 0.6 is 0 Å². The predicted octanol–water partition coefficient (Wildman–Crippen LogP) is 8.76. The molecule has 0 spiro atoms. The van der Waals surface area contributed by atoms with E-state index in [4.69, 9.17) is 4.98 Å². The Bertz CT molecular complexity index is 1480. The minimum absolute atomic E-state index is 0.410. The Morgan fingerprint density at radius 3 is 2.33 bits per heavy atom. The molecule has 2 aliphatic carbocycles. The van der Waals surface area contributed by atoms with Gasteiger partial charge in [-0.2, -0.15) is 0 Å². The number of benzene rings is 3. The molecule has 1 heterocycles. The molecule has 0 amide bonds. The van der Waals surface area contributed by atoms with Crippen LogP contribution < -0.4 is 0 Å². The van der Waals surface area contributed by atoms with Crippen LogP contribution in [0, 0.1) is 11.8 Å². The second kappa shape index (κ2) is 9.09. The molecule has 0 fully saturated rings. The molecule has 2 heteroatoms. The van der Waals surface area contributed by atoms with Gasteiger partial charge < -0.3 is 0 Å². The summed E-state index contributed by atoms with van der Waals surface area (Å²) in [5.41, 5.74) is 12.4. The molecule has 4 aromatic rings. The van der Waals surface area contributed by atoms with Gasteiger partial charge in [0.05, 0.1) is 0 Å². The zero-order valence-corrected chi connectivity index (χ0v) is 21.7. The van der Waals surface area contributed by atoms with E-state index in [2.05, 4.69) is 117 Å². The summed E-state index contributed by atoms with van der Waals surface area (Å²) in [6, 6.07) is 26.7. The van der Waals surface area contributed by atoms with Gasteiger partial charge in [0.1, 0.15) is 5.82 Å². The van der Waals surface area contributed by atoms with Crippen LogP contribution in [-0.4, -0.2) is 9.55 Å². The minimum Gasteiger partial charge on any atom is -0.300 e. The lowest BCUT2D eigenvalue weighted by Gasteiger charge is -2.32. The predicted molar refractivity (Wildman–Crippen MR) is 151 cm³/mol. The molecule has 0 saturated heterocycles. The van der Waals surface area contributed by atoms with Crippen LogP contribution in [-0.2, 0) is 6.42 Å². The standard InChI is InChI=1S/C34H34N2/c1-22(2)30-20-28(24-10-6-5-7-11-24)21-31(23(3)4)33(30)36-17-16-35-34(36)27-15-14-26-18-25-12-8-9-13-29(25)32(26)19-27/h5-17,19-20,22-23,28H,18,21H2,1-4H3. The largest absolute Gasteiger partial charge is 0.300 e. The molecule has 1 unspecified atom stereocenters. The van der Waals surface area contributed by atoms with Crippen molar-refractivity contribution in [2.75, 3.05) is 0 Å². The van der Waals surface area contributed by atoms with Crippen LogP contribution in [0.15, 0.2) is 102 Å². The highest BCUT2D eigenvalue weighted by atomic mass is 15.1. The smallest absolute Gasteiger partial charge is 0.144 e. The molecule has 1 atom stereocenters. The normalized spacial score (nSPS) is 16.9. The Kier molecular flexibility index (Phi) is 5.76. The molecule has 0 N–H and O–H groups in total. The lowest BCUT2D eigenvalue weighted by atomic mass is 9.77. The quantitative estimate of drug-likeness (QED) is 0.251. The molecular weight excluding hydrogens is 436 g/mol. The zero-order chi connectivity index (χ0) is 24.8. The number of rotatable bonds is 5. The van der Waals surface area contributed by atoms with Crippen molar-refractivity contribution in [1.82, 2.24) is 9.55 Å². The molecule has 1 aromatic heterocycles. The summed E-state index contributed by atoms with van der Waals surface area (Å²) in [4.78, 5) is 4.91. The molecule has 36 heavy (non-hydrogen) atoms. The molecule has 0 aliphatic heterocycles. The topological polar surface area (TPSA) is 17.8 Å². The van der Waals surface area contributed by atoms with Gasteiger partial charge in [-0.1, -0.05) is 101 Å². The van der Waals surface area contributed by atoms with Crippen molar-refractivity contribution in [3.05, 3.63) is 119 Å². The summed E-state index contributed by atoms with van der Waals surface area (Å²) in [6.07, 6.45) is 8.70. The number of aromatic nitrogens is 2. The third-order valence-corrected chi connectivity index (χ3v) is 7.88. The van der Waals surface area contributed by atoms with Crippen molar-refractivity contribution >= 4 is 5.70 Å². The number of hydrogen-bond donors (Lipinski definition) is 0. The summed E-state index contributed by atoms with van der Waals surface area (Å²) in [7, 11) is 0. The fraction of sp³-hybridized carbons (Fsp3) is 0.265. The molecule has 2 aliphatic rings. The van der Waals surface area contributed by atoms with Crippen LogP contribution in [0.2, 0.25) is 0 Å². The number of nitrogens with zero attached hydrogens (tertiary/aromatic N) is 2. The Morgan fingerprint density at radius 2 is 1.56 bits per heavy atom. The molecule has 0 saturated carbocycles. The van der Waals surface area contributed by atoms with E-state index in [1.807, 2.05) is 6.20 Å². The first-order valence-electron chi connectivity index (χ1n) is 13.3. The van der Waals surface area contributed by atoms with E-state index < -0.39 is 0 Å². The average molecular weight is 471 g/mol. The number of fused-ring (bicyclic) bond motifs is 3. The van der Waals surface area contributed by atoms with Crippen LogP contribution in [0.1, 0.15) is 56.7 Å². The first-order valence-corrected chi connectivity index (χ1v) is 13.3. The molecule has 180 valence electrons. The first-order chi connectivity index (χ1) is 17.5. The molecule has 0 bridgehead atoms. The van der Waals surface area contributed by atoms with Gasteiger partial charge in [0.2, 0.25) is 0 Å². The Morgan fingerprint density at radius 1 is 0.806 bits per heavy atom. The van der Waals surface area contributed by atoms with Crippen LogP contribution in [0.5, 0.6) is 0 Å². The lowest BCUT2D eigenvalue weighted by Crippen LogP contribution is -2.18. The zero-order valence-electron chi connectivity index (χ0n) is 21.7. The van der Waals surface area contributed by atoms with E-state index in [-0.39, 0.29) is 0 Å². The second-order valence-electron chi connectivity index (χ2n) is 10.9. The van der Waals surface area contributed by atoms with Crippen molar-refractivity contribution in [1.29, 1.82) is 0 Å². The van der Waals surface area contributed by atoms with Gasteiger partial charge in [-0.25, -0.2) is 4.98 Å². The van der Waals surface area contributed by atoms with E-state index in [0.717, 1.165) is 18.7 Å². The van der Waals surface area contributed by atoms with Gasteiger partial charge in [-0.15, -0.1) is 0 Å². The van der Waals surface area contributed by atoms with Gasteiger partial charge in [0.15, 0.2) is 0 Å². The maximum Gasteiger partial charge on any atom is 0.144 e. The summed E-state index contributed by atoms with van der Waals surface area (Å²) in [5, 5.41) is 0. The highest BCUT2D eigenvalue weighted by Crippen LogP contribution is 2.44.